The maximum Gasteiger partial charge on any atom is 0.294 e. The minimum atomic E-state index is -4.24. The van der Waals surface area contributed by atoms with Crippen LogP contribution in [0.1, 0.15) is 0 Å². The van der Waals surface area contributed by atoms with E-state index in [1.165, 1.54) is 12.1 Å². The van der Waals surface area contributed by atoms with Crippen LogP contribution in [-0.4, -0.2) is 55.1 Å². The quantitative estimate of drug-likeness (QED) is 0.197. The number of benzene rings is 3. The van der Waals surface area contributed by atoms with Crippen molar-refractivity contribution in [2.45, 2.75) is 4.90 Å². The van der Waals surface area contributed by atoms with E-state index < -0.39 is 10.1 Å². The number of aromatic nitrogens is 2. The van der Waals surface area contributed by atoms with Crippen molar-refractivity contribution in [3.05, 3.63) is 71.8 Å². The zero-order valence-corrected chi connectivity index (χ0v) is 21.2. The molecule has 0 bridgehead atoms. The molecule has 3 aromatic carbocycles. The zero-order chi connectivity index (χ0) is 26.2. The molecule has 1 saturated heterocycles. The molecule has 0 spiro atoms. The fraction of sp³-hybridized carbons (Fsp3) is 0.160. The average molecular weight is 538 g/mol. The normalized spacial score (nSPS) is 14.1. The molecule has 37 heavy (non-hydrogen) atoms. The molecule has 0 saturated carbocycles. The Morgan fingerprint density at radius 1 is 0.892 bits per heavy atom. The van der Waals surface area contributed by atoms with Crippen LogP contribution < -0.4 is 21.3 Å². The van der Waals surface area contributed by atoms with Crippen LogP contribution in [0, 0.1) is 0 Å². The van der Waals surface area contributed by atoms with Crippen molar-refractivity contribution in [2.75, 3.05) is 36.0 Å². The van der Waals surface area contributed by atoms with Gasteiger partial charge in [-0.25, -0.2) is 9.97 Å². The molecule has 5 N–H and O–H groups in total. The number of nitrogens with two attached hydrogens (primary N) is 2. The Hall–Kier alpha value is -3.93. The van der Waals surface area contributed by atoms with Crippen LogP contribution in [0.15, 0.2) is 76.6 Å². The van der Waals surface area contributed by atoms with Gasteiger partial charge in [0.05, 0.1) is 16.1 Å². The van der Waals surface area contributed by atoms with Gasteiger partial charge in [0.15, 0.2) is 5.96 Å². The van der Waals surface area contributed by atoms with E-state index in [2.05, 4.69) is 24.8 Å². The summed E-state index contributed by atoms with van der Waals surface area (Å²) in [5.41, 5.74) is 15.1. The van der Waals surface area contributed by atoms with E-state index >= 15 is 0 Å². The Labute approximate surface area is 219 Å². The Morgan fingerprint density at radius 2 is 1.57 bits per heavy atom. The summed E-state index contributed by atoms with van der Waals surface area (Å²) in [6.07, 6.45) is 0. The number of fused-ring (bicyclic) bond motifs is 1. The Balaban J connectivity index is 1.37. The number of rotatable bonds is 5. The SMILES string of the molecule is NC(N)=Nc1nc(-c2ccc(N3CCN(c4cccc(S(=O)(=O)O)c4)CC3)cc2)c2cc(Cl)ccc2n1. The van der Waals surface area contributed by atoms with E-state index in [1.54, 1.807) is 18.2 Å². The van der Waals surface area contributed by atoms with E-state index in [4.69, 9.17) is 23.1 Å². The molecule has 10 nitrogen and oxygen atoms in total. The molecule has 0 aliphatic carbocycles. The number of piperazine rings is 1. The third-order valence-corrected chi connectivity index (χ3v) is 7.23. The highest BCUT2D eigenvalue weighted by atomic mass is 35.5. The molecule has 0 amide bonds. The monoisotopic (exact) mass is 537 g/mol. The van der Waals surface area contributed by atoms with Gasteiger partial charge in [0.2, 0.25) is 0 Å². The third kappa shape index (κ3) is 5.43. The van der Waals surface area contributed by atoms with Crippen LogP contribution in [0.25, 0.3) is 22.2 Å². The van der Waals surface area contributed by atoms with E-state index in [0.29, 0.717) is 29.3 Å². The average Bonchev–Trinajstić information content (AvgIpc) is 2.88. The number of aliphatic imine (C=N–C) groups is 1. The van der Waals surface area contributed by atoms with Gasteiger partial charge < -0.3 is 21.3 Å². The minimum Gasteiger partial charge on any atom is -0.370 e. The topological polar surface area (TPSA) is 151 Å². The number of hydrogen-bond donors (Lipinski definition) is 3. The van der Waals surface area contributed by atoms with Gasteiger partial charge in [-0.05, 0) is 48.5 Å². The largest absolute Gasteiger partial charge is 0.370 e. The molecule has 5 rings (SSSR count). The second kappa shape index (κ2) is 9.85. The molecule has 1 fully saturated rings. The van der Waals surface area contributed by atoms with Crippen molar-refractivity contribution in [3.8, 4) is 11.3 Å². The van der Waals surface area contributed by atoms with Gasteiger partial charge in [0.25, 0.3) is 16.1 Å². The van der Waals surface area contributed by atoms with Gasteiger partial charge in [0.1, 0.15) is 0 Å². The van der Waals surface area contributed by atoms with Gasteiger partial charge >= 0.3 is 0 Å². The fourth-order valence-corrected chi connectivity index (χ4v) is 5.06. The van der Waals surface area contributed by atoms with E-state index in [-0.39, 0.29) is 16.8 Å². The van der Waals surface area contributed by atoms with Crippen LogP contribution in [-0.2, 0) is 10.1 Å². The van der Waals surface area contributed by atoms with Gasteiger partial charge in [-0.3, -0.25) is 4.55 Å². The highest BCUT2D eigenvalue weighted by molar-refractivity contribution is 7.85. The molecule has 1 aliphatic rings. The van der Waals surface area contributed by atoms with Gasteiger partial charge in [-0.1, -0.05) is 29.8 Å². The van der Waals surface area contributed by atoms with E-state index in [0.717, 1.165) is 35.4 Å². The summed E-state index contributed by atoms with van der Waals surface area (Å²) < 4.78 is 32.3. The predicted octanol–water partition coefficient (Wildman–Crippen LogP) is 3.43. The zero-order valence-electron chi connectivity index (χ0n) is 19.6. The molecule has 0 radical (unpaired) electrons. The van der Waals surface area contributed by atoms with Gasteiger partial charge in [-0.2, -0.15) is 13.4 Å². The van der Waals surface area contributed by atoms with Crippen LogP contribution >= 0.6 is 11.6 Å². The molecular weight excluding hydrogens is 514 g/mol. The van der Waals surface area contributed by atoms with Crippen LogP contribution in [0.5, 0.6) is 0 Å². The van der Waals surface area contributed by atoms with E-state index in [1.807, 2.05) is 36.4 Å². The smallest absolute Gasteiger partial charge is 0.294 e. The lowest BCUT2D eigenvalue weighted by Crippen LogP contribution is -2.46. The molecule has 0 atom stereocenters. The Kier molecular flexibility index (Phi) is 6.59. The Morgan fingerprint density at radius 3 is 2.22 bits per heavy atom. The number of guanidine groups is 1. The highest BCUT2D eigenvalue weighted by Crippen LogP contribution is 2.32. The van der Waals surface area contributed by atoms with Crippen molar-refractivity contribution >= 4 is 55.9 Å². The minimum absolute atomic E-state index is 0.107. The first-order chi connectivity index (χ1) is 17.7. The van der Waals surface area contributed by atoms with Crippen molar-refractivity contribution in [3.63, 3.8) is 0 Å². The fourth-order valence-electron chi connectivity index (χ4n) is 4.37. The number of halogens is 1. The number of nitrogens with zero attached hydrogens (tertiary/aromatic N) is 5. The first-order valence-electron chi connectivity index (χ1n) is 11.4. The molecule has 190 valence electrons. The Bertz CT molecular complexity index is 1600. The summed E-state index contributed by atoms with van der Waals surface area (Å²) in [4.78, 5) is 17.2. The van der Waals surface area contributed by atoms with Crippen molar-refractivity contribution < 1.29 is 13.0 Å². The summed E-state index contributed by atoms with van der Waals surface area (Å²) in [7, 11) is -4.24. The lowest BCUT2D eigenvalue weighted by atomic mass is 10.1. The van der Waals surface area contributed by atoms with Crippen LogP contribution in [0.4, 0.5) is 17.3 Å². The summed E-state index contributed by atoms with van der Waals surface area (Å²) in [5, 5.41) is 1.36. The molecule has 4 aromatic rings. The summed E-state index contributed by atoms with van der Waals surface area (Å²) in [6.45, 7) is 2.90. The molecule has 2 heterocycles. The van der Waals surface area contributed by atoms with Gasteiger partial charge in [0, 0.05) is 53.5 Å². The second-order valence-electron chi connectivity index (χ2n) is 8.56. The number of anilines is 2. The first-order valence-corrected chi connectivity index (χ1v) is 13.2. The standard InChI is InChI=1S/C25H24ClN7O3S/c26-17-6-9-22-21(14-17)23(30-25(29-22)31-24(27)28)16-4-7-18(8-5-16)32-10-12-33(13-11-32)19-2-1-3-20(15-19)37(34,35)36/h1-9,14-15H,10-13H2,(H,34,35,36)(H4,27,28,29,30,31). The number of hydrogen-bond acceptors (Lipinski definition) is 7. The van der Waals surface area contributed by atoms with E-state index in [9.17, 15) is 13.0 Å². The van der Waals surface area contributed by atoms with Crippen LogP contribution in [0.2, 0.25) is 5.02 Å². The second-order valence-corrected chi connectivity index (χ2v) is 10.4. The lowest BCUT2D eigenvalue weighted by molar-refractivity contribution is 0.483. The maximum absolute atomic E-state index is 11.5. The van der Waals surface area contributed by atoms with Crippen molar-refractivity contribution in [1.82, 2.24) is 9.97 Å². The maximum atomic E-state index is 11.5. The predicted molar refractivity (Wildman–Crippen MR) is 146 cm³/mol. The third-order valence-electron chi connectivity index (χ3n) is 6.14. The molecule has 12 heteroatoms. The highest BCUT2D eigenvalue weighted by Gasteiger charge is 2.20. The summed E-state index contributed by atoms with van der Waals surface area (Å²) in [6, 6.07) is 19.7. The van der Waals surface area contributed by atoms with Crippen molar-refractivity contribution in [1.29, 1.82) is 0 Å². The molecule has 0 unspecified atom stereocenters. The molecular formula is C25H24ClN7O3S. The van der Waals surface area contributed by atoms with Gasteiger partial charge in [-0.15, -0.1) is 0 Å². The molecule has 1 aromatic heterocycles. The van der Waals surface area contributed by atoms with Crippen LogP contribution in [0.3, 0.4) is 0 Å². The lowest BCUT2D eigenvalue weighted by Gasteiger charge is -2.37. The van der Waals surface area contributed by atoms with Crippen molar-refractivity contribution in [2.24, 2.45) is 16.5 Å². The summed E-state index contributed by atoms with van der Waals surface area (Å²) in [5.74, 6) is 0.0431. The first kappa shape index (κ1) is 24.8. The molecule has 1 aliphatic heterocycles. The summed E-state index contributed by atoms with van der Waals surface area (Å²) >= 11 is 6.24.